The molecule has 11 heteroatoms. The summed E-state index contributed by atoms with van der Waals surface area (Å²) in [6.45, 7) is 6.73. The molecule has 2 aromatic heterocycles. The minimum atomic E-state index is -4.32. The maximum Gasteiger partial charge on any atom is 0.337 e. The Bertz CT molecular complexity index is 1190. The van der Waals surface area contributed by atoms with Crippen LogP contribution in [0.25, 0.3) is 5.78 Å². The number of hydrogen-bond acceptors (Lipinski definition) is 6. The number of carboxylic acids is 1. The Balaban J connectivity index is 2.27. The van der Waals surface area contributed by atoms with Gasteiger partial charge in [0.1, 0.15) is 0 Å². The third kappa shape index (κ3) is 3.29. The van der Waals surface area contributed by atoms with Gasteiger partial charge in [0.05, 0.1) is 16.3 Å². The van der Waals surface area contributed by atoms with E-state index in [0.717, 1.165) is 4.31 Å². The van der Waals surface area contributed by atoms with Crippen molar-refractivity contribution in [3.8, 4) is 0 Å². The molecule has 0 aliphatic rings. The van der Waals surface area contributed by atoms with Gasteiger partial charge >= 0.3 is 16.0 Å². The van der Waals surface area contributed by atoms with Crippen molar-refractivity contribution in [1.29, 1.82) is 0 Å². The van der Waals surface area contributed by atoms with Gasteiger partial charge < -0.3 is 5.11 Å². The number of benzene rings is 1. The zero-order chi connectivity index (χ0) is 20.8. The topological polar surface area (TPSA) is 118 Å². The lowest BCUT2D eigenvalue weighted by molar-refractivity contribution is 0.0697. The zero-order valence-corrected chi connectivity index (χ0v) is 17.2. The van der Waals surface area contributed by atoms with Crippen molar-refractivity contribution < 1.29 is 18.3 Å². The van der Waals surface area contributed by atoms with Gasteiger partial charge in [-0.3, -0.25) is 4.31 Å². The summed E-state index contributed by atoms with van der Waals surface area (Å²) in [7, 11) is -4.32. The number of rotatable bonds is 5. The fourth-order valence-corrected chi connectivity index (χ4v) is 4.78. The van der Waals surface area contributed by atoms with Crippen LogP contribution in [0, 0.1) is 13.8 Å². The second-order valence-corrected chi connectivity index (χ2v) is 8.60. The standard InChI is InChI=1S/C17H18ClN5O4S/c1-9(2)23(14-12(15(24)25)6-5-7-13(14)18)28(26,27)17-20-16-19-10(3)8-11(4)22(16)21-17/h5-9H,1-4H3,(H,24,25). The van der Waals surface area contributed by atoms with Gasteiger partial charge in [-0.2, -0.15) is 13.4 Å². The van der Waals surface area contributed by atoms with E-state index in [1.54, 1.807) is 33.8 Å². The number of carboxylic acid groups (broad SMARTS) is 1. The number of hydrogen-bond donors (Lipinski definition) is 1. The van der Waals surface area contributed by atoms with Crippen LogP contribution in [0.2, 0.25) is 5.02 Å². The lowest BCUT2D eigenvalue weighted by Gasteiger charge is -2.28. The van der Waals surface area contributed by atoms with E-state index in [1.807, 2.05) is 0 Å². The molecule has 0 saturated carbocycles. The minimum absolute atomic E-state index is 0.00825. The smallest absolute Gasteiger partial charge is 0.337 e. The highest BCUT2D eigenvalue weighted by atomic mass is 35.5. The van der Waals surface area contributed by atoms with Gasteiger partial charge in [0, 0.05) is 17.4 Å². The number of aromatic nitrogens is 4. The molecule has 2 heterocycles. The van der Waals surface area contributed by atoms with Crippen molar-refractivity contribution in [2.75, 3.05) is 4.31 Å². The number of anilines is 1. The number of fused-ring (bicyclic) bond motifs is 1. The first-order valence-electron chi connectivity index (χ1n) is 8.31. The molecule has 9 nitrogen and oxygen atoms in total. The molecule has 0 spiro atoms. The molecular weight excluding hydrogens is 406 g/mol. The van der Waals surface area contributed by atoms with Crippen LogP contribution in [0.1, 0.15) is 35.6 Å². The summed E-state index contributed by atoms with van der Waals surface area (Å²) in [6, 6.07) is 5.26. The molecule has 0 bridgehead atoms. The average Bonchev–Trinajstić information content (AvgIpc) is 3.01. The molecule has 0 aliphatic heterocycles. The van der Waals surface area contributed by atoms with Gasteiger partial charge in [-0.05, 0) is 45.9 Å². The highest BCUT2D eigenvalue weighted by Gasteiger charge is 2.35. The molecule has 148 valence electrons. The van der Waals surface area contributed by atoms with E-state index in [4.69, 9.17) is 11.6 Å². The molecule has 0 atom stereocenters. The lowest BCUT2D eigenvalue weighted by atomic mass is 10.1. The Morgan fingerprint density at radius 2 is 1.93 bits per heavy atom. The van der Waals surface area contributed by atoms with Gasteiger partial charge in [-0.25, -0.2) is 14.3 Å². The van der Waals surface area contributed by atoms with Crippen LogP contribution in [0.3, 0.4) is 0 Å². The molecule has 0 radical (unpaired) electrons. The lowest BCUT2D eigenvalue weighted by Crippen LogP contribution is -2.39. The summed E-state index contributed by atoms with van der Waals surface area (Å²) in [4.78, 5) is 19.9. The van der Waals surface area contributed by atoms with E-state index < -0.39 is 27.2 Å². The average molecular weight is 424 g/mol. The van der Waals surface area contributed by atoms with E-state index in [9.17, 15) is 18.3 Å². The van der Waals surface area contributed by atoms with E-state index in [0.29, 0.717) is 11.4 Å². The molecule has 0 aliphatic carbocycles. The van der Waals surface area contributed by atoms with E-state index in [1.165, 1.54) is 22.7 Å². The predicted octanol–water partition coefficient (Wildman–Crippen LogP) is 2.70. The second-order valence-electron chi connectivity index (χ2n) is 6.48. The Morgan fingerprint density at radius 1 is 1.25 bits per heavy atom. The van der Waals surface area contributed by atoms with Crippen molar-refractivity contribution >= 4 is 39.1 Å². The third-order valence-corrected chi connectivity index (χ3v) is 6.06. The highest BCUT2D eigenvalue weighted by Crippen LogP contribution is 2.35. The van der Waals surface area contributed by atoms with Crippen LogP contribution in [-0.4, -0.2) is 45.1 Å². The number of aromatic carboxylic acids is 1. The number of nitrogens with zero attached hydrogens (tertiary/aromatic N) is 5. The molecule has 3 rings (SSSR count). The normalized spacial score (nSPS) is 11.9. The fourth-order valence-electron chi connectivity index (χ4n) is 2.91. The van der Waals surface area contributed by atoms with E-state index in [-0.39, 0.29) is 22.1 Å². The number of halogens is 1. The van der Waals surface area contributed by atoms with E-state index >= 15 is 0 Å². The Hall–Kier alpha value is -2.72. The molecule has 3 aromatic rings. The maximum atomic E-state index is 13.4. The van der Waals surface area contributed by atoms with Crippen LogP contribution >= 0.6 is 11.6 Å². The van der Waals surface area contributed by atoms with Crippen LogP contribution in [-0.2, 0) is 10.0 Å². The summed E-state index contributed by atoms with van der Waals surface area (Å²) < 4.78 is 29.0. The summed E-state index contributed by atoms with van der Waals surface area (Å²) >= 11 is 6.20. The van der Waals surface area contributed by atoms with Crippen LogP contribution in [0.4, 0.5) is 5.69 Å². The predicted molar refractivity (Wildman–Crippen MR) is 103 cm³/mol. The molecule has 1 aromatic carbocycles. The maximum absolute atomic E-state index is 13.4. The molecule has 0 fully saturated rings. The van der Waals surface area contributed by atoms with Crippen LogP contribution in [0.5, 0.6) is 0 Å². The second kappa shape index (κ2) is 7.02. The molecule has 0 amide bonds. The molecule has 0 unspecified atom stereocenters. The van der Waals surface area contributed by atoms with E-state index in [2.05, 4.69) is 15.1 Å². The van der Waals surface area contributed by atoms with Gasteiger partial charge in [0.25, 0.3) is 10.9 Å². The van der Waals surface area contributed by atoms with Gasteiger partial charge in [0.2, 0.25) is 0 Å². The molecular formula is C17H18ClN5O4S. The summed E-state index contributed by atoms with van der Waals surface area (Å²) in [5.74, 6) is -1.16. The number of aryl methyl sites for hydroxylation is 2. The summed E-state index contributed by atoms with van der Waals surface area (Å²) in [6.07, 6.45) is 0. The van der Waals surface area contributed by atoms with Crippen molar-refractivity contribution in [2.24, 2.45) is 0 Å². The first-order valence-corrected chi connectivity index (χ1v) is 10.1. The zero-order valence-electron chi connectivity index (χ0n) is 15.6. The van der Waals surface area contributed by atoms with Crippen LogP contribution < -0.4 is 4.31 Å². The molecule has 1 N–H and O–H groups in total. The van der Waals surface area contributed by atoms with Gasteiger partial charge in [0.15, 0.2) is 0 Å². The largest absolute Gasteiger partial charge is 0.478 e. The van der Waals surface area contributed by atoms with Crippen molar-refractivity contribution in [1.82, 2.24) is 19.6 Å². The van der Waals surface area contributed by atoms with Crippen molar-refractivity contribution in [2.45, 2.75) is 38.9 Å². The number of carbonyl (C=O) groups is 1. The Labute approximate surface area is 166 Å². The van der Waals surface area contributed by atoms with Gasteiger partial charge in [-0.1, -0.05) is 17.7 Å². The fraction of sp³-hybridized carbons (Fsp3) is 0.294. The monoisotopic (exact) mass is 423 g/mol. The number of para-hydroxylation sites is 1. The van der Waals surface area contributed by atoms with Crippen LogP contribution in [0.15, 0.2) is 29.4 Å². The first-order chi connectivity index (χ1) is 13.0. The first kappa shape index (κ1) is 20.0. The number of sulfonamides is 1. The Morgan fingerprint density at radius 3 is 2.54 bits per heavy atom. The SMILES string of the molecule is Cc1cc(C)n2nc(S(=O)(=O)N(c3c(Cl)cccc3C(=O)O)C(C)C)nc2n1. The minimum Gasteiger partial charge on any atom is -0.478 e. The molecule has 0 saturated heterocycles. The summed E-state index contributed by atoms with van der Waals surface area (Å²) in [5, 5.41) is 13.1. The quantitative estimate of drug-likeness (QED) is 0.670. The Kier molecular flexibility index (Phi) is 5.02. The molecule has 28 heavy (non-hydrogen) atoms. The summed E-state index contributed by atoms with van der Waals surface area (Å²) in [5.41, 5.74) is 0.961. The third-order valence-electron chi connectivity index (χ3n) is 4.00. The van der Waals surface area contributed by atoms with Crippen molar-refractivity contribution in [3.05, 3.63) is 46.2 Å². The van der Waals surface area contributed by atoms with Gasteiger partial charge in [-0.15, -0.1) is 5.10 Å². The van der Waals surface area contributed by atoms with Crippen molar-refractivity contribution in [3.63, 3.8) is 0 Å². The highest BCUT2D eigenvalue weighted by molar-refractivity contribution is 7.92.